The van der Waals surface area contributed by atoms with Crippen molar-refractivity contribution in [3.8, 4) is 0 Å². The zero-order chi connectivity index (χ0) is 66.1. The lowest BCUT2D eigenvalue weighted by Gasteiger charge is -2.41. The first kappa shape index (κ1) is 76.7. The van der Waals surface area contributed by atoms with E-state index >= 15 is 0 Å². The first-order valence-electron chi connectivity index (χ1n) is 31.8. The van der Waals surface area contributed by atoms with E-state index in [4.69, 9.17) is 14.2 Å². The number of unbranched alkanes of at least 4 members (excludes halogenated alkanes) is 2. The quantitative estimate of drug-likeness (QED) is 0.0426. The standard InChI is InChI=1S/C50H77N3O9.C18H31N3O4S/c1-14-34(7)46(51(10)49(58)39(31(2)3)28-42(55)45(32(4)5)52(11)50(59)62-30-37-24-22-33(6)23-25-37)43(60-12)29-44(56)53-26-18-21-40(53)48(61-13)36(9)41(54)27-35(8)47(57)38-19-16-15-17-20-38;1-12(2)17(13(22)11-19-3)20-15(23)8-6-5-7-9-21-16(24)10-14(26-4)18(21)25/h15-17,19-20,22-25,31-32,34-36,39-40,43,45-48,57H,14,18,21,26-30H2,1-13H3;12,14,17,19H,5-11H2,1-4H3,(H,20,23)/t34-,35-,36-,39-,40-,43+,45-,46-,47+,48+;14?,17-/m00/s1. The van der Waals surface area contributed by atoms with Crippen LogP contribution in [-0.4, -0.2) is 181 Å². The molecular weight excluding hydrogens is 1140 g/mol. The van der Waals surface area contributed by atoms with Gasteiger partial charge in [-0.3, -0.25) is 43.3 Å². The van der Waals surface area contributed by atoms with Gasteiger partial charge in [0.15, 0.2) is 11.6 Å². The average molecular weight is 1250 g/mol. The first-order valence-corrected chi connectivity index (χ1v) is 33.1. The summed E-state index contributed by atoms with van der Waals surface area (Å²) in [5.74, 6) is -2.96. The second kappa shape index (κ2) is 38.2. The molecule has 2 aliphatic rings. The van der Waals surface area contributed by atoms with Crippen molar-refractivity contribution in [2.45, 2.75) is 201 Å². The van der Waals surface area contributed by atoms with Crippen molar-refractivity contribution in [3.63, 3.8) is 0 Å². The van der Waals surface area contributed by atoms with Crippen LogP contribution >= 0.6 is 11.8 Å². The summed E-state index contributed by atoms with van der Waals surface area (Å²) >= 11 is 1.41. The van der Waals surface area contributed by atoms with Crippen LogP contribution < -0.4 is 10.6 Å². The van der Waals surface area contributed by atoms with Gasteiger partial charge in [-0.25, -0.2) is 4.79 Å². The molecule has 4 rings (SSSR count). The van der Waals surface area contributed by atoms with Crippen molar-refractivity contribution < 1.29 is 62.5 Å². The molecule has 2 heterocycles. The predicted octanol–water partition coefficient (Wildman–Crippen LogP) is 9.04. The number of aliphatic hydroxyl groups is 1. The van der Waals surface area contributed by atoms with Crippen LogP contribution in [0.1, 0.15) is 163 Å². The first-order chi connectivity index (χ1) is 41.6. The van der Waals surface area contributed by atoms with Crippen molar-refractivity contribution in [1.82, 2.24) is 30.2 Å². The number of nitrogens with one attached hydrogen (secondary N) is 2. The third-order valence-corrected chi connectivity index (χ3v) is 18.6. The van der Waals surface area contributed by atoms with Gasteiger partial charge in [0.1, 0.15) is 12.4 Å². The number of amides is 6. The van der Waals surface area contributed by atoms with E-state index in [-0.39, 0.29) is 120 Å². The molecule has 2 saturated heterocycles. The summed E-state index contributed by atoms with van der Waals surface area (Å²) in [7, 11) is 8.13. The van der Waals surface area contributed by atoms with Gasteiger partial charge in [0, 0.05) is 78.9 Å². The van der Waals surface area contributed by atoms with E-state index in [2.05, 4.69) is 10.6 Å². The van der Waals surface area contributed by atoms with E-state index in [0.29, 0.717) is 51.6 Å². The number of imide groups is 1. The highest BCUT2D eigenvalue weighted by molar-refractivity contribution is 8.00. The molecule has 2 aliphatic heterocycles. The number of ketones is 3. The Kier molecular flexibility index (Phi) is 33.3. The lowest BCUT2D eigenvalue weighted by Crippen LogP contribution is -2.54. The Balaban J connectivity index is 0.000000648. The molecule has 0 aromatic heterocycles. The van der Waals surface area contributed by atoms with E-state index in [9.17, 15) is 48.3 Å². The van der Waals surface area contributed by atoms with Crippen LogP contribution in [0.4, 0.5) is 4.79 Å². The van der Waals surface area contributed by atoms with E-state index in [1.807, 2.05) is 142 Å². The molecule has 3 N–H and O–H groups in total. The number of methoxy groups -OCH3 is 2. The fourth-order valence-electron chi connectivity index (χ4n) is 12.2. The molecule has 88 heavy (non-hydrogen) atoms. The minimum absolute atomic E-state index is 0.00881. The fourth-order valence-corrected chi connectivity index (χ4v) is 12.8. The number of nitrogens with zero attached hydrogens (tertiary/aromatic N) is 4. The number of carbonyl (C=O) groups is 9. The van der Waals surface area contributed by atoms with Crippen LogP contribution in [0.3, 0.4) is 0 Å². The lowest BCUT2D eigenvalue weighted by molar-refractivity contribution is -0.149. The molecule has 0 radical (unpaired) electrons. The third-order valence-electron chi connectivity index (χ3n) is 17.7. The Morgan fingerprint density at radius 3 is 1.97 bits per heavy atom. The average Bonchev–Trinajstić information content (AvgIpc) is 3.67. The van der Waals surface area contributed by atoms with E-state index in [1.165, 1.54) is 21.6 Å². The van der Waals surface area contributed by atoms with Crippen molar-refractivity contribution in [3.05, 3.63) is 71.3 Å². The summed E-state index contributed by atoms with van der Waals surface area (Å²) in [6.07, 6.45) is 4.23. The molecule has 6 amide bonds. The number of rotatable bonds is 36. The number of Topliss-reactive ketones (excluding diaryl/α,β-unsaturated/α-hetero) is 3. The largest absolute Gasteiger partial charge is 0.445 e. The predicted molar refractivity (Wildman–Crippen MR) is 345 cm³/mol. The van der Waals surface area contributed by atoms with Gasteiger partial charge in [-0.05, 0) is 86.6 Å². The highest BCUT2D eigenvalue weighted by Gasteiger charge is 2.44. The van der Waals surface area contributed by atoms with Gasteiger partial charge in [-0.1, -0.05) is 142 Å². The molecule has 2 aromatic carbocycles. The van der Waals surface area contributed by atoms with Gasteiger partial charge in [0.2, 0.25) is 29.5 Å². The Labute approximate surface area is 530 Å². The topological polar surface area (TPSA) is 239 Å². The molecule has 494 valence electrons. The number of hydrogen-bond donors (Lipinski definition) is 3. The van der Waals surface area contributed by atoms with Gasteiger partial charge in [-0.15, -0.1) is 0 Å². The maximum absolute atomic E-state index is 14.6. The highest BCUT2D eigenvalue weighted by Crippen LogP contribution is 2.33. The molecule has 2 fully saturated rings. The second-order valence-electron chi connectivity index (χ2n) is 25.4. The normalized spacial score (nSPS) is 18.6. The summed E-state index contributed by atoms with van der Waals surface area (Å²) in [5, 5.41) is 16.3. The van der Waals surface area contributed by atoms with E-state index in [0.717, 1.165) is 29.5 Å². The molecule has 12 atom stereocenters. The third kappa shape index (κ3) is 22.4. The molecule has 2 aromatic rings. The van der Waals surface area contributed by atoms with E-state index < -0.39 is 54.4 Å². The number of carbonyl (C=O) groups excluding carboxylic acids is 9. The molecule has 1 unspecified atom stereocenters. The summed E-state index contributed by atoms with van der Waals surface area (Å²) in [4.78, 5) is 124. The zero-order valence-corrected chi connectivity index (χ0v) is 56.8. The Morgan fingerprint density at radius 2 is 1.42 bits per heavy atom. The van der Waals surface area contributed by atoms with Gasteiger partial charge in [-0.2, -0.15) is 11.8 Å². The van der Waals surface area contributed by atoms with Crippen molar-refractivity contribution in [2.75, 3.05) is 61.3 Å². The van der Waals surface area contributed by atoms with Crippen molar-refractivity contribution in [2.24, 2.45) is 41.4 Å². The summed E-state index contributed by atoms with van der Waals surface area (Å²) < 4.78 is 17.7. The van der Waals surface area contributed by atoms with Gasteiger partial charge >= 0.3 is 6.09 Å². The zero-order valence-electron chi connectivity index (χ0n) is 56.0. The molecule has 0 saturated carbocycles. The van der Waals surface area contributed by atoms with Crippen LogP contribution in [0, 0.1) is 48.3 Å². The molecule has 0 aliphatic carbocycles. The summed E-state index contributed by atoms with van der Waals surface area (Å²) in [6, 6.07) is 14.9. The number of aryl methyl sites for hydroxylation is 1. The highest BCUT2D eigenvalue weighted by atomic mass is 32.2. The molecule has 0 bridgehead atoms. The Morgan fingerprint density at radius 1 is 0.773 bits per heavy atom. The van der Waals surface area contributed by atoms with Gasteiger partial charge in [0.05, 0.1) is 60.7 Å². The van der Waals surface area contributed by atoms with Crippen LogP contribution in [0.15, 0.2) is 54.6 Å². The monoisotopic (exact) mass is 1250 g/mol. The van der Waals surface area contributed by atoms with Gasteiger partial charge < -0.3 is 44.7 Å². The maximum Gasteiger partial charge on any atom is 0.410 e. The van der Waals surface area contributed by atoms with Crippen LogP contribution in [0.25, 0.3) is 0 Å². The lowest BCUT2D eigenvalue weighted by atomic mass is 9.83. The smallest absolute Gasteiger partial charge is 0.410 e. The number of likely N-dealkylation sites (tertiary alicyclic amines) is 2. The Hall–Kier alpha value is -5.54. The number of thioether (sulfide) groups is 1. The summed E-state index contributed by atoms with van der Waals surface area (Å²) in [5.41, 5.74) is 2.70. The minimum Gasteiger partial charge on any atom is -0.445 e. The van der Waals surface area contributed by atoms with Gasteiger partial charge in [0.25, 0.3) is 0 Å². The van der Waals surface area contributed by atoms with Crippen molar-refractivity contribution in [1.29, 1.82) is 0 Å². The van der Waals surface area contributed by atoms with Crippen LogP contribution in [0.2, 0.25) is 0 Å². The SMILES string of the molecule is CC[C@H](C)[C@@H]([C@@H](CC(=O)N1CCC[C@H]1[C@H](OC)[C@@H](C)C(=O)C[C@H](C)[C@@H](O)c1ccccc1)OC)N(C)C(=O)[C@@H](CC(=O)[C@H](C(C)C)N(C)C(=O)OCc1ccc(C)cc1)C(C)C.CNCC(=O)[C@@H](NC(=O)CCCCCN1C(=O)CC(SC)C1=O)C(C)C. The van der Waals surface area contributed by atoms with E-state index in [1.54, 1.807) is 40.3 Å². The molecule has 20 heteroatoms. The molecule has 0 spiro atoms. The number of hydrogen-bond acceptors (Lipinski definition) is 15. The Bertz CT molecular complexity index is 2550. The number of ether oxygens (including phenoxy) is 3. The van der Waals surface area contributed by atoms with Crippen LogP contribution in [0.5, 0.6) is 0 Å². The van der Waals surface area contributed by atoms with Crippen molar-refractivity contribution >= 4 is 64.7 Å². The maximum atomic E-state index is 14.6. The fraction of sp³-hybridized carbons (Fsp3) is 0.691. The number of benzene rings is 2. The molecule has 19 nitrogen and oxygen atoms in total. The summed E-state index contributed by atoms with van der Waals surface area (Å²) in [6.45, 7) is 22.4. The molecular formula is C68H108N6O13S. The van der Waals surface area contributed by atoms with Crippen LogP contribution in [-0.2, 0) is 59.2 Å². The second-order valence-corrected chi connectivity index (χ2v) is 26.4. The number of aliphatic hydroxyl groups excluding tert-OH is 1. The number of likely N-dealkylation sites (N-methyl/N-ethyl adjacent to an activating group) is 3. The minimum atomic E-state index is -0.804.